The summed E-state index contributed by atoms with van der Waals surface area (Å²) >= 11 is 0. The van der Waals surface area contributed by atoms with Crippen LogP contribution >= 0.6 is 0 Å². The first-order valence-electron chi connectivity index (χ1n) is 4.71. The normalized spacial score (nSPS) is 12.2. The second-order valence-corrected chi connectivity index (χ2v) is 3.54. The Balaban J connectivity index is 2.75. The number of carbonyl (C=O) groups is 1. The van der Waals surface area contributed by atoms with Gasteiger partial charge in [0.15, 0.2) is 0 Å². The average Bonchev–Trinajstić information content (AvgIpc) is 2.15. The number of carboxylic acid groups (broad SMARTS) is 1. The van der Waals surface area contributed by atoms with Gasteiger partial charge in [-0.05, 0) is 25.1 Å². The molecule has 3 nitrogen and oxygen atoms in total. The van der Waals surface area contributed by atoms with E-state index in [2.05, 4.69) is 0 Å². The van der Waals surface area contributed by atoms with Crippen molar-refractivity contribution in [1.82, 2.24) is 0 Å². The lowest BCUT2D eigenvalue weighted by atomic mass is 10.2. The zero-order valence-electron chi connectivity index (χ0n) is 8.77. The molecular formula is C11H14FNO2. The van der Waals surface area contributed by atoms with E-state index in [1.54, 1.807) is 31.0 Å². The van der Waals surface area contributed by atoms with Crippen molar-refractivity contribution >= 4 is 11.7 Å². The number of benzene rings is 1. The number of carboxylic acids is 1. The summed E-state index contributed by atoms with van der Waals surface area (Å²) < 4.78 is 12.9. The van der Waals surface area contributed by atoms with Gasteiger partial charge in [0.2, 0.25) is 0 Å². The minimum Gasteiger partial charge on any atom is -0.481 e. The molecule has 0 bridgehead atoms. The van der Waals surface area contributed by atoms with E-state index >= 15 is 0 Å². The Hall–Kier alpha value is -1.58. The molecule has 1 rings (SSSR count). The van der Waals surface area contributed by atoms with E-state index in [-0.39, 0.29) is 18.3 Å². The van der Waals surface area contributed by atoms with Crippen LogP contribution in [0.25, 0.3) is 0 Å². The molecule has 1 N–H and O–H groups in total. The van der Waals surface area contributed by atoms with Crippen molar-refractivity contribution in [3.8, 4) is 0 Å². The Morgan fingerprint density at radius 2 is 2.27 bits per heavy atom. The molecule has 82 valence electrons. The highest BCUT2D eigenvalue weighted by atomic mass is 19.1. The Morgan fingerprint density at radius 1 is 1.60 bits per heavy atom. The van der Waals surface area contributed by atoms with E-state index in [0.29, 0.717) is 5.69 Å². The van der Waals surface area contributed by atoms with E-state index in [1.165, 1.54) is 12.1 Å². The van der Waals surface area contributed by atoms with Gasteiger partial charge in [-0.1, -0.05) is 6.07 Å². The van der Waals surface area contributed by atoms with E-state index in [9.17, 15) is 9.18 Å². The molecule has 0 heterocycles. The molecule has 0 saturated carbocycles. The molecule has 0 radical (unpaired) electrons. The second kappa shape index (κ2) is 4.77. The maximum absolute atomic E-state index is 12.9. The molecule has 0 saturated heterocycles. The summed E-state index contributed by atoms with van der Waals surface area (Å²) in [6, 6.07) is 5.94. The zero-order valence-corrected chi connectivity index (χ0v) is 8.77. The molecule has 1 aromatic rings. The van der Waals surface area contributed by atoms with Crippen molar-refractivity contribution in [2.75, 3.05) is 11.9 Å². The third-order valence-electron chi connectivity index (χ3n) is 2.35. The lowest BCUT2D eigenvalue weighted by Crippen LogP contribution is -2.30. The van der Waals surface area contributed by atoms with Crippen molar-refractivity contribution in [2.24, 2.45) is 0 Å². The van der Waals surface area contributed by atoms with Crippen LogP contribution in [0.5, 0.6) is 0 Å². The number of nitrogens with zero attached hydrogens (tertiary/aromatic N) is 1. The summed E-state index contributed by atoms with van der Waals surface area (Å²) in [5.41, 5.74) is 0.684. The predicted octanol–water partition coefficient (Wildman–Crippen LogP) is 2.13. The van der Waals surface area contributed by atoms with Crippen LogP contribution in [0.3, 0.4) is 0 Å². The minimum atomic E-state index is -0.856. The molecule has 0 aliphatic carbocycles. The van der Waals surface area contributed by atoms with Gasteiger partial charge in [-0.2, -0.15) is 0 Å². The van der Waals surface area contributed by atoms with Crippen LogP contribution in [0.2, 0.25) is 0 Å². The van der Waals surface area contributed by atoms with E-state index in [4.69, 9.17) is 5.11 Å². The summed E-state index contributed by atoms with van der Waals surface area (Å²) in [6.07, 6.45) is 0.0347. The third kappa shape index (κ3) is 3.23. The number of hydrogen-bond acceptors (Lipinski definition) is 2. The maximum Gasteiger partial charge on any atom is 0.305 e. The van der Waals surface area contributed by atoms with Gasteiger partial charge in [-0.15, -0.1) is 0 Å². The van der Waals surface area contributed by atoms with Crippen LogP contribution in [0.4, 0.5) is 10.1 Å². The molecule has 0 amide bonds. The van der Waals surface area contributed by atoms with Crippen LogP contribution in [0.15, 0.2) is 24.3 Å². The van der Waals surface area contributed by atoms with Gasteiger partial charge in [-0.3, -0.25) is 4.79 Å². The van der Waals surface area contributed by atoms with Crippen molar-refractivity contribution in [3.63, 3.8) is 0 Å². The van der Waals surface area contributed by atoms with Crippen LogP contribution < -0.4 is 4.90 Å². The maximum atomic E-state index is 12.9. The molecule has 0 fully saturated rings. The molecule has 1 unspecified atom stereocenters. The SMILES string of the molecule is CC(CC(=O)O)N(C)c1cccc(F)c1. The predicted molar refractivity (Wildman–Crippen MR) is 56.5 cm³/mol. The Kier molecular flexibility index (Phi) is 3.66. The summed E-state index contributed by atoms with van der Waals surface area (Å²) in [6.45, 7) is 1.79. The van der Waals surface area contributed by atoms with Gasteiger partial charge >= 0.3 is 5.97 Å². The Morgan fingerprint density at radius 3 is 2.80 bits per heavy atom. The molecule has 15 heavy (non-hydrogen) atoms. The first kappa shape index (κ1) is 11.5. The average molecular weight is 211 g/mol. The quantitative estimate of drug-likeness (QED) is 0.829. The van der Waals surface area contributed by atoms with E-state index < -0.39 is 5.97 Å². The summed E-state index contributed by atoms with van der Waals surface area (Å²) in [7, 11) is 1.75. The zero-order chi connectivity index (χ0) is 11.4. The highest BCUT2D eigenvalue weighted by Crippen LogP contribution is 2.17. The fourth-order valence-electron chi connectivity index (χ4n) is 1.34. The third-order valence-corrected chi connectivity index (χ3v) is 2.35. The molecule has 0 aliphatic heterocycles. The first-order valence-corrected chi connectivity index (χ1v) is 4.71. The van der Waals surface area contributed by atoms with Crippen LogP contribution in [-0.2, 0) is 4.79 Å². The fraction of sp³-hybridized carbons (Fsp3) is 0.364. The summed E-state index contributed by atoms with van der Waals surface area (Å²) in [4.78, 5) is 12.3. The molecule has 0 aromatic heterocycles. The molecule has 4 heteroatoms. The minimum absolute atomic E-state index is 0.0347. The highest BCUT2D eigenvalue weighted by Gasteiger charge is 2.13. The van der Waals surface area contributed by atoms with Gasteiger partial charge < -0.3 is 10.0 Å². The van der Waals surface area contributed by atoms with Crippen LogP contribution in [0.1, 0.15) is 13.3 Å². The number of anilines is 1. The smallest absolute Gasteiger partial charge is 0.305 e. The lowest BCUT2D eigenvalue weighted by molar-refractivity contribution is -0.137. The van der Waals surface area contributed by atoms with Crippen LogP contribution in [0, 0.1) is 5.82 Å². The topological polar surface area (TPSA) is 40.5 Å². The number of halogens is 1. The molecule has 1 atom stereocenters. The van der Waals surface area contributed by atoms with Crippen molar-refractivity contribution in [3.05, 3.63) is 30.1 Å². The monoisotopic (exact) mass is 211 g/mol. The second-order valence-electron chi connectivity index (χ2n) is 3.54. The summed E-state index contributed by atoms with van der Waals surface area (Å²) in [5.74, 6) is -1.17. The number of rotatable bonds is 4. The molecular weight excluding hydrogens is 197 g/mol. The van der Waals surface area contributed by atoms with E-state index in [0.717, 1.165) is 0 Å². The van der Waals surface area contributed by atoms with Crippen molar-refractivity contribution in [2.45, 2.75) is 19.4 Å². The van der Waals surface area contributed by atoms with Gasteiger partial charge in [0.25, 0.3) is 0 Å². The number of aliphatic carboxylic acids is 1. The fourth-order valence-corrected chi connectivity index (χ4v) is 1.34. The first-order chi connectivity index (χ1) is 7.00. The standard InChI is InChI=1S/C11H14FNO2/c1-8(6-11(14)15)13(2)10-5-3-4-9(12)7-10/h3-5,7-8H,6H2,1-2H3,(H,14,15). The number of hydrogen-bond donors (Lipinski definition) is 1. The lowest BCUT2D eigenvalue weighted by Gasteiger charge is -2.25. The van der Waals surface area contributed by atoms with Gasteiger partial charge in [-0.25, -0.2) is 4.39 Å². The summed E-state index contributed by atoms with van der Waals surface area (Å²) in [5, 5.41) is 8.63. The highest BCUT2D eigenvalue weighted by molar-refractivity contribution is 5.68. The largest absolute Gasteiger partial charge is 0.481 e. The molecule has 1 aromatic carbocycles. The van der Waals surface area contributed by atoms with Crippen LogP contribution in [-0.4, -0.2) is 24.2 Å². The molecule has 0 spiro atoms. The van der Waals surface area contributed by atoms with Gasteiger partial charge in [0.1, 0.15) is 5.82 Å². The van der Waals surface area contributed by atoms with Gasteiger partial charge in [0, 0.05) is 18.8 Å². The van der Waals surface area contributed by atoms with Crippen molar-refractivity contribution < 1.29 is 14.3 Å². The van der Waals surface area contributed by atoms with Gasteiger partial charge in [0.05, 0.1) is 6.42 Å². The Bertz CT molecular complexity index is 354. The van der Waals surface area contributed by atoms with E-state index in [1.807, 2.05) is 0 Å². The Labute approximate surface area is 88.1 Å². The molecule has 0 aliphatic rings. The van der Waals surface area contributed by atoms with Crippen molar-refractivity contribution in [1.29, 1.82) is 0 Å².